The van der Waals surface area contributed by atoms with E-state index < -0.39 is 11.5 Å². The van der Waals surface area contributed by atoms with E-state index in [2.05, 4.69) is 0 Å². The van der Waals surface area contributed by atoms with Crippen LogP contribution in [0.5, 0.6) is 0 Å². The summed E-state index contributed by atoms with van der Waals surface area (Å²) in [6.45, 7) is 0. The molecule has 0 amide bonds. The van der Waals surface area contributed by atoms with Crippen LogP contribution in [0.3, 0.4) is 0 Å². The molecule has 0 aliphatic heterocycles. The number of hydrogen-bond acceptors (Lipinski definition) is 3. The summed E-state index contributed by atoms with van der Waals surface area (Å²) in [6, 6.07) is 10.4. The molecule has 0 saturated carbocycles. The van der Waals surface area contributed by atoms with E-state index >= 15 is 0 Å². The van der Waals surface area contributed by atoms with Gasteiger partial charge in [-0.1, -0.05) is 30.3 Å². The van der Waals surface area contributed by atoms with Gasteiger partial charge in [0.15, 0.2) is 0 Å². The van der Waals surface area contributed by atoms with Crippen molar-refractivity contribution in [1.82, 2.24) is 0 Å². The summed E-state index contributed by atoms with van der Waals surface area (Å²) < 4.78 is 0. The first kappa shape index (κ1) is 10.2. The quantitative estimate of drug-likeness (QED) is 0.728. The molecule has 14 heavy (non-hydrogen) atoms. The second-order valence-electron chi connectivity index (χ2n) is 3.05. The first-order valence-electron chi connectivity index (χ1n) is 4.06. The predicted molar refractivity (Wildman–Crippen MR) is 50.3 cm³/mol. The van der Waals surface area contributed by atoms with Gasteiger partial charge in [0.2, 0.25) is 5.54 Å². The molecule has 0 saturated heterocycles. The summed E-state index contributed by atoms with van der Waals surface area (Å²) in [5, 5.41) is 17.4. The molecule has 0 aliphatic rings. The van der Waals surface area contributed by atoms with Crippen LogP contribution in [0.2, 0.25) is 0 Å². The van der Waals surface area contributed by atoms with E-state index in [0.29, 0.717) is 0 Å². The highest BCUT2D eigenvalue weighted by Gasteiger charge is 2.34. The summed E-state index contributed by atoms with van der Waals surface area (Å²) in [4.78, 5) is 10.7. The molecule has 0 bridgehead atoms. The summed E-state index contributed by atoms with van der Waals surface area (Å²) in [5.41, 5.74) is 4.31. The van der Waals surface area contributed by atoms with Crippen molar-refractivity contribution in [2.24, 2.45) is 5.73 Å². The van der Waals surface area contributed by atoms with Crippen LogP contribution in [-0.4, -0.2) is 16.6 Å². The van der Waals surface area contributed by atoms with Gasteiger partial charge in [0, 0.05) is 6.42 Å². The smallest absolute Gasteiger partial charge is 0.338 e. The van der Waals surface area contributed by atoms with E-state index in [1.807, 2.05) is 6.07 Å². The van der Waals surface area contributed by atoms with E-state index in [1.165, 1.54) is 0 Å². The Kier molecular flexibility index (Phi) is 2.85. The molecular weight excluding hydrogens is 180 g/mol. The first-order chi connectivity index (χ1) is 6.58. The zero-order valence-corrected chi connectivity index (χ0v) is 7.47. The van der Waals surface area contributed by atoms with Crippen LogP contribution in [0.15, 0.2) is 30.3 Å². The third-order valence-corrected chi connectivity index (χ3v) is 1.91. The summed E-state index contributed by atoms with van der Waals surface area (Å²) in [7, 11) is 0. The molecule has 72 valence electrons. The summed E-state index contributed by atoms with van der Waals surface area (Å²) >= 11 is 0. The molecule has 3 N–H and O–H groups in total. The Morgan fingerprint density at radius 1 is 1.50 bits per heavy atom. The van der Waals surface area contributed by atoms with Crippen molar-refractivity contribution in [2.75, 3.05) is 0 Å². The second kappa shape index (κ2) is 3.90. The number of rotatable bonds is 3. The van der Waals surface area contributed by atoms with Crippen LogP contribution in [-0.2, 0) is 11.2 Å². The number of nitrogens with zero attached hydrogens (tertiary/aromatic N) is 1. The Labute approximate surface area is 81.6 Å². The predicted octanol–water partition coefficient (Wildman–Crippen LogP) is 0.535. The SMILES string of the molecule is N#CC(N)(Cc1ccccc1)C(=O)O. The van der Waals surface area contributed by atoms with Crippen molar-refractivity contribution >= 4 is 5.97 Å². The largest absolute Gasteiger partial charge is 0.479 e. The maximum Gasteiger partial charge on any atom is 0.338 e. The van der Waals surface area contributed by atoms with Crippen LogP contribution in [0.25, 0.3) is 0 Å². The van der Waals surface area contributed by atoms with Gasteiger partial charge in [0.05, 0.1) is 6.07 Å². The molecule has 4 heteroatoms. The second-order valence-corrected chi connectivity index (χ2v) is 3.05. The molecule has 1 aromatic carbocycles. The highest BCUT2D eigenvalue weighted by atomic mass is 16.4. The van der Waals surface area contributed by atoms with Crippen LogP contribution in [0.4, 0.5) is 0 Å². The number of carboxylic acids is 1. The van der Waals surface area contributed by atoms with Crippen LogP contribution in [0, 0.1) is 11.3 Å². The highest BCUT2D eigenvalue weighted by Crippen LogP contribution is 2.10. The monoisotopic (exact) mass is 190 g/mol. The topological polar surface area (TPSA) is 87.1 Å². The first-order valence-corrected chi connectivity index (χ1v) is 4.06. The van der Waals surface area contributed by atoms with Gasteiger partial charge >= 0.3 is 5.97 Å². The molecule has 0 heterocycles. The van der Waals surface area contributed by atoms with E-state index in [9.17, 15) is 4.79 Å². The Balaban J connectivity index is 2.88. The van der Waals surface area contributed by atoms with Crippen molar-refractivity contribution < 1.29 is 9.90 Å². The fourth-order valence-electron chi connectivity index (χ4n) is 1.08. The lowest BCUT2D eigenvalue weighted by Crippen LogP contribution is -2.48. The minimum absolute atomic E-state index is 0.0136. The van der Waals surface area contributed by atoms with Gasteiger partial charge in [-0.25, -0.2) is 4.79 Å². The lowest BCUT2D eigenvalue weighted by molar-refractivity contribution is -0.141. The van der Waals surface area contributed by atoms with Crippen molar-refractivity contribution in [2.45, 2.75) is 12.0 Å². The number of carbonyl (C=O) groups is 1. The molecule has 0 radical (unpaired) electrons. The third-order valence-electron chi connectivity index (χ3n) is 1.91. The molecular formula is C10H10N2O2. The van der Waals surface area contributed by atoms with Crippen molar-refractivity contribution in [3.8, 4) is 6.07 Å². The number of carboxylic acid groups (broad SMARTS) is 1. The molecule has 1 atom stereocenters. The van der Waals surface area contributed by atoms with E-state index in [-0.39, 0.29) is 6.42 Å². The average molecular weight is 190 g/mol. The van der Waals surface area contributed by atoms with E-state index in [1.54, 1.807) is 30.3 Å². The summed E-state index contributed by atoms with van der Waals surface area (Å²) in [5.74, 6) is -1.30. The Bertz CT molecular complexity index is 369. The number of aliphatic carboxylic acids is 1. The molecule has 0 aliphatic carbocycles. The molecule has 4 nitrogen and oxygen atoms in total. The highest BCUT2D eigenvalue weighted by molar-refractivity contribution is 5.82. The fourth-order valence-corrected chi connectivity index (χ4v) is 1.08. The van der Waals surface area contributed by atoms with E-state index in [0.717, 1.165) is 5.56 Å². The zero-order valence-electron chi connectivity index (χ0n) is 7.47. The standard InChI is InChI=1S/C10H10N2O2/c11-7-10(12,9(13)14)6-8-4-2-1-3-5-8/h1-5H,6,12H2,(H,13,14). The molecule has 0 aromatic heterocycles. The van der Waals surface area contributed by atoms with Gasteiger partial charge in [0.25, 0.3) is 0 Å². The van der Waals surface area contributed by atoms with Crippen molar-refractivity contribution in [3.05, 3.63) is 35.9 Å². The maximum absolute atomic E-state index is 10.7. The molecule has 0 fully saturated rings. The van der Waals surface area contributed by atoms with Gasteiger partial charge in [-0.15, -0.1) is 0 Å². The molecule has 0 spiro atoms. The van der Waals surface area contributed by atoms with Crippen LogP contribution >= 0.6 is 0 Å². The Hall–Kier alpha value is -1.86. The molecule has 1 aromatic rings. The summed E-state index contributed by atoms with van der Waals surface area (Å²) in [6.07, 6.45) is 0.0136. The van der Waals surface area contributed by atoms with Crippen LogP contribution < -0.4 is 5.73 Å². The Morgan fingerprint density at radius 2 is 2.07 bits per heavy atom. The Morgan fingerprint density at radius 3 is 2.50 bits per heavy atom. The zero-order chi connectivity index (χ0) is 10.6. The number of benzene rings is 1. The lowest BCUT2D eigenvalue weighted by atomic mass is 9.94. The molecule has 1 unspecified atom stereocenters. The minimum Gasteiger partial charge on any atom is -0.479 e. The van der Waals surface area contributed by atoms with Crippen molar-refractivity contribution in [3.63, 3.8) is 0 Å². The maximum atomic E-state index is 10.7. The van der Waals surface area contributed by atoms with E-state index in [4.69, 9.17) is 16.1 Å². The van der Waals surface area contributed by atoms with Gasteiger partial charge in [-0.2, -0.15) is 5.26 Å². The van der Waals surface area contributed by atoms with Gasteiger partial charge in [-0.3, -0.25) is 0 Å². The number of hydrogen-bond donors (Lipinski definition) is 2. The van der Waals surface area contributed by atoms with Gasteiger partial charge < -0.3 is 10.8 Å². The number of nitrogens with two attached hydrogens (primary N) is 1. The number of nitriles is 1. The molecule has 1 rings (SSSR count). The van der Waals surface area contributed by atoms with Gasteiger partial charge in [0.1, 0.15) is 0 Å². The average Bonchev–Trinajstić information content (AvgIpc) is 2.19. The normalized spacial score (nSPS) is 14.0. The third kappa shape index (κ3) is 2.09. The minimum atomic E-state index is -1.83. The lowest BCUT2D eigenvalue weighted by Gasteiger charge is -2.15. The fraction of sp³-hybridized carbons (Fsp3) is 0.200. The van der Waals surface area contributed by atoms with Gasteiger partial charge in [-0.05, 0) is 5.56 Å². The van der Waals surface area contributed by atoms with Crippen LogP contribution in [0.1, 0.15) is 5.56 Å². The van der Waals surface area contributed by atoms with Crippen molar-refractivity contribution in [1.29, 1.82) is 5.26 Å².